The van der Waals surface area contributed by atoms with Crippen molar-refractivity contribution in [2.45, 2.75) is 6.42 Å². The molecular formula is C17H11N3O. The van der Waals surface area contributed by atoms with Crippen molar-refractivity contribution in [1.82, 2.24) is 9.97 Å². The van der Waals surface area contributed by atoms with Gasteiger partial charge in [-0.1, -0.05) is 6.07 Å². The van der Waals surface area contributed by atoms with Crippen LogP contribution in [0.5, 0.6) is 0 Å². The molecule has 0 spiro atoms. The first-order chi connectivity index (χ1) is 10.3. The third-order valence-corrected chi connectivity index (χ3v) is 3.23. The van der Waals surface area contributed by atoms with Crippen LogP contribution in [-0.2, 0) is 6.42 Å². The molecule has 21 heavy (non-hydrogen) atoms. The third kappa shape index (κ3) is 2.77. The van der Waals surface area contributed by atoms with Crippen LogP contribution in [0.15, 0.2) is 48.7 Å². The van der Waals surface area contributed by atoms with E-state index in [1.54, 1.807) is 24.4 Å². The fraction of sp³-hybridized carbons (Fsp3) is 0.0588. The second-order valence-electron chi connectivity index (χ2n) is 4.71. The van der Waals surface area contributed by atoms with Gasteiger partial charge in [-0.25, -0.2) is 4.98 Å². The second-order valence-corrected chi connectivity index (χ2v) is 4.71. The minimum Gasteiger partial charge on any atom is -0.298 e. The highest BCUT2D eigenvalue weighted by Crippen LogP contribution is 2.17. The number of fused-ring (bicyclic) bond motifs is 1. The topological polar surface area (TPSA) is 66.6 Å². The van der Waals surface area contributed by atoms with Crippen molar-refractivity contribution in [1.29, 1.82) is 5.26 Å². The first-order valence-electron chi connectivity index (χ1n) is 6.48. The highest BCUT2D eigenvalue weighted by atomic mass is 16.1. The molecule has 1 aromatic carbocycles. The van der Waals surface area contributed by atoms with E-state index in [-0.39, 0.29) is 0 Å². The van der Waals surface area contributed by atoms with Gasteiger partial charge >= 0.3 is 0 Å². The molecule has 2 aromatic heterocycles. The van der Waals surface area contributed by atoms with Crippen LogP contribution in [-0.4, -0.2) is 16.3 Å². The van der Waals surface area contributed by atoms with Crippen LogP contribution in [0.2, 0.25) is 0 Å². The maximum absolute atomic E-state index is 10.8. The molecule has 3 aromatic rings. The van der Waals surface area contributed by atoms with Gasteiger partial charge in [0.15, 0.2) is 0 Å². The monoisotopic (exact) mass is 273 g/mol. The van der Waals surface area contributed by atoms with Crippen molar-refractivity contribution >= 4 is 17.2 Å². The molecule has 0 N–H and O–H groups in total. The normalized spacial score (nSPS) is 10.2. The molecule has 4 nitrogen and oxygen atoms in total. The van der Waals surface area contributed by atoms with E-state index in [0.717, 1.165) is 28.4 Å². The van der Waals surface area contributed by atoms with Crippen LogP contribution >= 0.6 is 0 Å². The molecule has 0 bridgehead atoms. The molecule has 100 valence electrons. The number of rotatable bonds is 3. The van der Waals surface area contributed by atoms with Crippen LogP contribution < -0.4 is 0 Å². The fourth-order valence-electron chi connectivity index (χ4n) is 2.22. The molecule has 0 atom stereocenters. The SMILES string of the molecule is N#Cc1ccc2cc(Cc3cc(C=O)ccn3)ccc2n1. The first-order valence-corrected chi connectivity index (χ1v) is 6.48. The molecule has 4 heteroatoms. The summed E-state index contributed by atoms with van der Waals surface area (Å²) >= 11 is 0. The number of benzene rings is 1. The van der Waals surface area contributed by atoms with Gasteiger partial charge in [-0.2, -0.15) is 5.26 Å². The highest BCUT2D eigenvalue weighted by Gasteiger charge is 2.03. The molecule has 0 aliphatic rings. The standard InChI is InChI=1S/C17H11N3O/c18-10-15-3-2-14-7-12(1-4-17(14)20-15)8-16-9-13(11-21)5-6-19-16/h1-7,9,11H,8H2. The van der Waals surface area contributed by atoms with E-state index in [1.807, 2.05) is 30.3 Å². The van der Waals surface area contributed by atoms with E-state index in [4.69, 9.17) is 5.26 Å². The van der Waals surface area contributed by atoms with Crippen LogP contribution in [0.3, 0.4) is 0 Å². The van der Waals surface area contributed by atoms with Gasteiger partial charge in [0, 0.05) is 29.3 Å². The number of hydrogen-bond acceptors (Lipinski definition) is 4. The Balaban J connectivity index is 1.94. The number of aldehydes is 1. The number of carbonyl (C=O) groups excluding carboxylic acids is 1. The Bertz CT molecular complexity index is 865. The van der Waals surface area contributed by atoms with Crippen molar-refractivity contribution in [2.24, 2.45) is 0 Å². The summed E-state index contributed by atoms with van der Waals surface area (Å²) in [6.45, 7) is 0. The van der Waals surface area contributed by atoms with Gasteiger partial charge in [0.05, 0.1) is 5.52 Å². The maximum atomic E-state index is 10.8. The lowest BCUT2D eigenvalue weighted by Gasteiger charge is -2.04. The number of aromatic nitrogens is 2. The largest absolute Gasteiger partial charge is 0.298 e. The third-order valence-electron chi connectivity index (χ3n) is 3.23. The van der Waals surface area contributed by atoms with Crippen LogP contribution in [0, 0.1) is 11.3 Å². The summed E-state index contributed by atoms with van der Waals surface area (Å²) < 4.78 is 0. The van der Waals surface area contributed by atoms with Crippen LogP contribution in [0.25, 0.3) is 10.9 Å². The minimum absolute atomic E-state index is 0.413. The van der Waals surface area contributed by atoms with E-state index in [1.165, 1.54) is 0 Å². The zero-order chi connectivity index (χ0) is 14.7. The van der Waals surface area contributed by atoms with Gasteiger partial charge in [-0.15, -0.1) is 0 Å². The van der Waals surface area contributed by atoms with E-state index >= 15 is 0 Å². The summed E-state index contributed by atoms with van der Waals surface area (Å²) in [5, 5.41) is 9.83. The lowest BCUT2D eigenvalue weighted by molar-refractivity contribution is 0.112. The Morgan fingerprint density at radius 2 is 2.05 bits per heavy atom. The molecule has 0 amide bonds. The van der Waals surface area contributed by atoms with Gasteiger partial charge in [-0.05, 0) is 42.0 Å². The molecule has 0 saturated heterocycles. The zero-order valence-corrected chi connectivity index (χ0v) is 11.2. The molecule has 0 saturated carbocycles. The number of nitriles is 1. The van der Waals surface area contributed by atoms with Crippen molar-refractivity contribution in [2.75, 3.05) is 0 Å². The van der Waals surface area contributed by atoms with Crippen LogP contribution in [0.4, 0.5) is 0 Å². The van der Waals surface area contributed by atoms with Crippen molar-refractivity contribution in [3.8, 4) is 6.07 Å². The lowest BCUT2D eigenvalue weighted by atomic mass is 10.1. The quantitative estimate of drug-likeness (QED) is 0.688. The molecule has 0 aliphatic heterocycles. The predicted octanol–water partition coefficient (Wildman–Crippen LogP) is 2.90. The Morgan fingerprint density at radius 3 is 2.86 bits per heavy atom. The van der Waals surface area contributed by atoms with Crippen molar-refractivity contribution < 1.29 is 4.79 Å². The summed E-state index contributed by atoms with van der Waals surface area (Å²) in [6.07, 6.45) is 3.11. The van der Waals surface area contributed by atoms with Gasteiger partial charge in [0.25, 0.3) is 0 Å². The Morgan fingerprint density at radius 1 is 1.14 bits per heavy atom. The van der Waals surface area contributed by atoms with Gasteiger partial charge in [0.1, 0.15) is 18.0 Å². The van der Waals surface area contributed by atoms with Gasteiger partial charge in [0.2, 0.25) is 0 Å². The van der Waals surface area contributed by atoms with Crippen molar-refractivity contribution in [3.63, 3.8) is 0 Å². The average Bonchev–Trinajstić information content (AvgIpc) is 2.54. The molecular weight excluding hydrogens is 262 g/mol. The second kappa shape index (κ2) is 5.51. The summed E-state index contributed by atoms with van der Waals surface area (Å²) in [5.41, 5.74) is 3.77. The van der Waals surface area contributed by atoms with E-state index in [2.05, 4.69) is 9.97 Å². The smallest absolute Gasteiger partial charge is 0.150 e. The summed E-state index contributed by atoms with van der Waals surface area (Å²) in [5.74, 6) is 0. The minimum atomic E-state index is 0.413. The average molecular weight is 273 g/mol. The lowest BCUT2D eigenvalue weighted by Crippen LogP contribution is -1.94. The summed E-state index contributed by atoms with van der Waals surface area (Å²) in [7, 11) is 0. The number of carbonyl (C=O) groups is 1. The number of nitrogens with zero attached hydrogens (tertiary/aromatic N) is 3. The fourth-order valence-corrected chi connectivity index (χ4v) is 2.22. The van der Waals surface area contributed by atoms with Gasteiger partial charge in [-0.3, -0.25) is 9.78 Å². The van der Waals surface area contributed by atoms with Crippen molar-refractivity contribution in [3.05, 3.63) is 71.2 Å². The highest BCUT2D eigenvalue weighted by molar-refractivity contribution is 5.80. The molecule has 3 rings (SSSR count). The molecule has 0 unspecified atom stereocenters. The molecule has 2 heterocycles. The Kier molecular flexibility index (Phi) is 3.40. The van der Waals surface area contributed by atoms with E-state index in [9.17, 15) is 4.79 Å². The maximum Gasteiger partial charge on any atom is 0.150 e. The first kappa shape index (κ1) is 12.9. The number of pyridine rings is 2. The molecule has 0 aliphatic carbocycles. The van der Waals surface area contributed by atoms with Crippen LogP contribution in [0.1, 0.15) is 27.3 Å². The zero-order valence-electron chi connectivity index (χ0n) is 11.2. The number of hydrogen-bond donors (Lipinski definition) is 0. The molecule has 0 fully saturated rings. The Labute approximate surface area is 121 Å². The summed E-state index contributed by atoms with van der Waals surface area (Å²) in [4.78, 5) is 19.3. The summed E-state index contributed by atoms with van der Waals surface area (Å²) in [6, 6.07) is 15.0. The van der Waals surface area contributed by atoms with E-state index < -0.39 is 0 Å². The van der Waals surface area contributed by atoms with E-state index in [0.29, 0.717) is 17.7 Å². The Hall–Kier alpha value is -3.06. The predicted molar refractivity (Wildman–Crippen MR) is 78.9 cm³/mol. The van der Waals surface area contributed by atoms with Gasteiger partial charge < -0.3 is 0 Å². The molecule has 0 radical (unpaired) electrons.